The third-order valence-corrected chi connectivity index (χ3v) is 4.24. The average molecular weight is 289 g/mol. The van der Waals surface area contributed by atoms with Crippen molar-refractivity contribution in [3.8, 4) is 0 Å². The van der Waals surface area contributed by atoms with E-state index in [0.717, 1.165) is 12.8 Å². The van der Waals surface area contributed by atoms with Crippen LogP contribution in [-0.2, 0) is 27.3 Å². The molecular weight excluding hydrogens is 270 g/mol. The second-order valence-corrected chi connectivity index (χ2v) is 5.66. The smallest absolute Gasteiger partial charge is 0.332 e. The van der Waals surface area contributed by atoms with Gasteiger partial charge in [0, 0.05) is 13.1 Å². The number of ether oxygens (including phenoxy) is 1. The van der Waals surface area contributed by atoms with Gasteiger partial charge in [0.15, 0.2) is 6.10 Å². The van der Waals surface area contributed by atoms with Gasteiger partial charge in [0.2, 0.25) is 0 Å². The maximum Gasteiger partial charge on any atom is 0.332 e. The number of carbonyl (C=O) groups excluding carboxylic acids is 1. The van der Waals surface area contributed by atoms with E-state index in [-0.39, 0.29) is 5.91 Å². The van der Waals surface area contributed by atoms with Gasteiger partial charge in [0.25, 0.3) is 5.91 Å². The quantitative estimate of drug-likeness (QED) is 0.898. The molecule has 0 bridgehead atoms. The number of rotatable bonds is 2. The molecule has 5 nitrogen and oxygen atoms in total. The number of fused-ring (bicyclic) bond motifs is 1. The molecule has 1 amide bonds. The molecule has 1 N–H and O–H groups in total. The molecule has 0 spiro atoms. The lowest BCUT2D eigenvalue weighted by Gasteiger charge is -2.24. The Morgan fingerprint density at radius 3 is 2.57 bits per heavy atom. The zero-order valence-corrected chi connectivity index (χ0v) is 11.8. The summed E-state index contributed by atoms with van der Waals surface area (Å²) in [6.45, 7) is 1.29. The van der Waals surface area contributed by atoms with Crippen LogP contribution in [0.1, 0.15) is 30.4 Å². The summed E-state index contributed by atoms with van der Waals surface area (Å²) in [4.78, 5) is 25.3. The Labute approximate surface area is 123 Å². The van der Waals surface area contributed by atoms with Crippen LogP contribution in [0.25, 0.3) is 0 Å². The van der Waals surface area contributed by atoms with Crippen LogP contribution in [0.3, 0.4) is 0 Å². The van der Waals surface area contributed by atoms with Gasteiger partial charge in [-0.25, -0.2) is 4.79 Å². The fourth-order valence-electron chi connectivity index (χ4n) is 3.09. The number of aryl methyl sites for hydroxylation is 1. The van der Waals surface area contributed by atoms with Gasteiger partial charge >= 0.3 is 5.97 Å². The van der Waals surface area contributed by atoms with Gasteiger partial charge in [-0.3, -0.25) is 4.79 Å². The summed E-state index contributed by atoms with van der Waals surface area (Å²) in [5.41, 5.74) is 2.47. The highest BCUT2D eigenvalue weighted by atomic mass is 16.5. The zero-order chi connectivity index (χ0) is 14.8. The lowest BCUT2D eigenvalue weighted by atomic mass is 10.0. The standard InChI is InChI=1S/C16H19NO4/c18-15(13-7-8-14(21-13)16(19)20)17-9-3-6-11-4-1-2-5-12(11)10-17/h1-2,4-5,13-14H,3,6-10H2,(H,19,20)/t13-,14+/m0/s1. The van der Waals surface area contributed by atoms with Crippen molar-refractivity contribution >= 4 is 11.9 Å². The third kappa shape index (κ3) is 2.93. The fourth-order valence-corrected chi connectivity index (χ4v) is 3.09. The van der Waals surface area contributed by atoms with E-state index in [1.54, 1.807) is 4.90 Å². The molecule has 112 valence electrons. The van der Waals surface area contributed by atoms with E-state index in [1.807, 2.05) is 12.1 Å². The van der Waals surface area contributed by atoms with Crippen molar-refractivity contribution in [1.29, 1.82) is 0 Å². The van der Waals surface area contributed by atoms with Gasteiger partial charge in [-0.2, -0.15) is 0 Å². The molecule has 2 atom stereocenters. The number of benzene rings is 1. The molecule has 1 aromatic carbocycles. The monoisotopic (exact) mass is 289 g/mol. The first-order chi connectivity index (χ1) is 10.1. The molecule has 0 aliphatic carbocycles. The van der Waals surface area contributed by atoms with Crippen LogP contribution < -0.4 is 0 Å². The summed E-state index contributed by atoms with van der Waals surface area (Å²) in [7, 11) is 0. The Morgan fingerprint density at radius 1 is 1.14 bits per heavy atom. The van der Waals surface area contributed by atoms with E-state index < -0.39 is 18.2 Å². The first kappa shape index (κ1) is 14.1. The van der Waals surface area contributed by atoms with E-state index in [4.69, 9.17) is 9.84 Å². The summed E-state index contributed by atoms with van der Waals surface area (Å²) in [6, 6.07) is 8.17. The summed E-state index contributed by atoms with van der Waals surface area (Å²) in [6.07, 6.45) is 1.38. The molecule has 3 rings (SSSR count). The maximum absolute atomic E-state index is 12.5. The van der Waals surface area contributed by atoms with Crippen LogP contribution in [0.4, 0.5) is 0 Å². The molecule has 1 aromatic rings. The van der Waals surface area contributed by atoms with Crippen molar-refractivity contribution in [3.63, 3.8) is 0 Å². The number of carboxylic acids is 1. The largest absolute Gasteiger partial charge is 0.479 e. The molecule has 21 heavy (non-hydrogen) atoms. The minimum atomic E-state index is -0.980. The van der Waals surface area contributed by atoms with Gasteiger partial charge in [0.1, 0.15) is 6.10 Å². The number of aliphatic carboxylic acids is 1. The van der Waals surface area contributed by atoms with Crippen LogP contribution in [0, 0.1) is 0 Å². The lowest BCUT2D eigenvalue weighted by molar-refractivity contribution is -0.155. The molecule has 2 aliphatic heterocycles. The first-order valence-electron chi connectivity index (χ1n) is 7.39. The van der Waals surface area contributed by atoms with Crippen LogP contribution in [-0.4, -0.2) is 40.6 Å². The normalized spacial score (nSPS) is 25.2. The second-order valence-electron chi connectivity index (χ2n) is 5.66. The number of carbonyl (C=O) groups is 2. The molecule has 1 fully saturated rings. The predicted octanol–water partition coefficient (Wildman–Crippen LogP) is 1.59. The summed E-state index contributed by atoms with van der Waals surface area (Å²) in [5.74, 6) is -1.05. The third-order valence-electron chi connectivity index (χ3n) is 4.24. The fraction of sp³-hybridized carbons (Fsp3) is 0.500. The topological polar surface area (TPSA) is 66.8 Å². The molecule has 5 heteroatoms. The number of amides is 1. The highest BCUT2D eigenvalue weighted by Gasteiger charge is 2.37. The molecule has 0 aromatic heterocycles. The lowest BCUT2D eigenvalue weighted by Crippen LogP contribution is -2.39. The summed E-state index contributed by atoms with van der Waals surface area (Å²) < 4.78 is 5.38. The van der Waals surface area contributed by atoms with E-state index in [2.05, 4.69) is 12.1 Å². The minimum absolute atomic E-state index is 0.0737. The predicted molar refractivity (Wildman–Crippen MR) is 75.7 cm³/mol. The van der Waals surface area contributed by atoms with E-state index >= 15 is 0 Å². The molecular formula is C16H19NO4. The molecule has 1 saturated heterocycles. The maximum atomic E-state index is 12.5. The second kappa shape index (κ2) is 5.85. The Kier molecular flexibility index (Phi) is 3.92. The highest BCUT2D eigenvalue weighted by Crippen LogP contribution is 2.24. The highest BCUT2D eigenvalue weighted by molar-refractivity contribution is 5.82. The molecule has 0 saturated carbocycles. The van der Waals surface area contributed by atoms with E-state index in [0.29, 0.717) is 25.9 Å². The van der Waals surface area contributed by atoms with Gasteiger partial charge in [0.05, 0.1) is 0 Å². The van der Waals surface area contributed by atoms with Crippen LogP contribution in [0.5, 0.6) is 0 Å². The van der Waals surface area contributed by atoms with E-state index in [1.165, 1.54) is 11.1 Å². The molecule has 2 aliphatic rings. The summed E-state index contributed by atoms with van der Waals surface area (Å²) in [5, 5.41) is 8.95. The van der Waals surface area contributed by atoms with Crippen molar-refractivity contribution in [2.45, 2.75) is 44.4 Å². The number of hydrogen-bond acceptors (Lipinski definition) is 3. The first-order valence-corrected chi connectivity index (χ1v) is 7.39. The van der Waals surface area contributed by atoms with Gasteiger partial charge in [-0.15, -0.1) is 0 Å². The van der Waals surface area contributed by atoms with Crippen molar-refractivity contribution in [3.05, 3.63) is 35.4 Å². The molecule has 2 heterocycles. The Balaban J connectivity index is 1.70. The molecule has 0 radical (unpaired) electrons. The minimum Gasteiger partial charge on any atom is -0.479 e. The Morgan fingerprint density at radius 2 is 1.86 bits per heavy atom. The van der Waals surface area contributed by atoms with Crippen LogP contribution in [0.2, 0.25) is 0 Å². The Bertz CT molecular complexity index is 557. The van der Waals surface area contributed by atoms with Gasteiger partial charge in [-0.1, -0.05) is 24.3 Å². The van der Waals surface area contributed by atoms with Crippen molar-refractivity contribution in [2.24, 2.45) is 0 Å². The average Bonchev–Trinajstić information content (AvgIpc) is 2.87. The number of carboxylic acid groups (broad SMARTS) is 1. The summed E-state index contributed by atoms with van der Waals surface area (Å²) >= 11 is 0. The Hall–Kier alpha value is -1.88. The van der Waals surface area contributed by atoms with Crippen LogP contribution >= 0.6 is 0 Å². The number of hydrogen-bond donors (Lipinski definition) is 1. The number of nitrogens with zero attached hydrogens (tertiary/aromatic N) is 1. The van der Waals surface area contributed by atoms with Gasteiger partial charge in [-0.05, 0) is 36.8 Å². The SMILES string of the molecule is O=C(O)[C@H]1CC[C@@H](C(=O)N2CCCc3ccccc3C2)O1. The van der Waals surface area contributed by atoms with Crippen LogP contribution in [0.15, 0.2) is 24.3 Å². The van der Waals surface area contributed by atoms with Crippen molar-refractivity contribution in [2.75, 3.05) is 6.54 Å². The van der Waals surface area contributed by atoms with Crippen molar-refractivity contribution < 1.29 is 19.4 Å². The van der Waals surface area contributed by atoms with E-state index in [9.17, 15) is 9.59 Å². The zero-order valence-electron chi connectivity index (χ0n) is 11.8. The van der Waals surface area contributed by atoms with Gasteiger partial charge < -0.3 is 14.7 Å². The van der Waals surface area contributed by atoms with Crippen molar-refractivity contribution in [1.82, 2.24) is 4.90 Å². The molecule has 0 unspecified atom stereocenters.